The lowest BCUT2D eigenvalue weighted by Gasteiger charge is -2.27. The number of aliphatic hydroxyl groups is 1. The van der Waals surface area contributed by atoms with E-state index in [-0.39, 0.29) is 12.0 Å². The minimum Gasteiger partial charge on any atom is -0.486 e. The van der Waals surface area contributed by atoms with Crippen LogP contribution in [0.15, 0.2) is 18.2 Å². The van der Waals surface area contributed by atoms with E-state index in [1.165, 1.54) is 5.56 Å². The van der Waals surface area contributed by atoms with Crippen molar-refractivity contribution in [2.24, 2.45) is 5.41 Å². The Morgan fingerprint density at radius 2 is 2.05 bits per heavy atom. The molecule has 0 radical (unpaired) electrons. The van der Waals surface area contributed by atoms with Gasteiger partial charge >= 0.3 is 0 Å². The molecule has 1 N–H and O–H groups in total. The lowest BCUT2D eigenvalue weighted by Crippen LogP contribution is -2.31. The van der Waals surface area contributed by atoms with E-state index in [4.69, 9.17) is 9.47 Å². The highest BCUT2D eigenvalue weighted by Crippen LogP contribution is 2.36. The molecule has 1 aromatic rings. The van der Waals surface area contributed by atoms with Crippen LogP contribution in [-0.4, -0.2) is 50.0 Å². The summed E-state index contributed by atoms with van der Waals surface area (Å²) >= 11 is 0. The Labute approximate surface area is 113 Å². The molecule has 1 saturated heterocycles. The molecule has 2 aliphatic heterocycles. The topological polar surface area (TPSA) is 41.9 Å². The van der Waals surface area contributed by atoms with E-state index < -0.39 is 0 Å². The average molecular weight is 263 g/mol. The highest BCUT2D eigenvalue weighted by Gasteiger charge is 2.36. The van der Waals surface area contributed by atoms with E-state index in [2.05, 4.69) is 24.1 Å². The van der Waals surface area contributed by atoms with E-state index in [1.807, 2.05) is 6.07 Å². The molecule has 0 aliphatic carbocycles. The van der Waals surface area contributed by atoms with Crippen molar-refractivity contribution in [3.8, 4) is 11.5 Å². The molecule has 19 heavy (non-hydrogen) atoms. The van der Waals surface area contributed by atoms with Crippen LogP contribution in [0.3, 0.4) is 0 Å². The number of likely N-dealkylation sites (tertiary alicyclic amines) is 1. The van der Waals surface area contributed by atoms with Gasteiger partial charge in [0, 0.05) is 12.0 Å². The predicted octanol–water partition coefficient (Wildman–Crippen LogP) is 1.31. The highest BCUT2D eigenvalue weighted by molar-refractivity contribution is 5.44. The molecule has 3 rings (SSSR count). The Kier molecular flexibility index (Phi) is 3.37. The van der Waals surface area contributed by atoms with Crippen LogP contribution in [0.4, 0.5) is 0 Å². The number of hydrogen-bond donors (Lipinski definition) is 1. The molecule has 1 aromatic carbocycles. The van der Waals surface area contributed by atoms with Gasteiger partial charge in [-0.25, -0.2) is 0 Å². The second kappa shape index (κ2) is 5.02. The minimum atomic E-state index is -0.00148. The van der Waals surface area contributed by atoms with E-state index >= 15 is 0 Å². The maximum Gasteiger partial charge on any atom is 0.161 e. The first-order chi connectivity index (χ1) is 9.21. The first kappa shape index (κ1) is 12.8. The third-order valence-corrected chi connectivity index (χ3v) is 4.15. The lowest BCUT2D eigenvalue weighted by molar-refractivity contribution is 0.131. The van der Waals surface area contributed by atoms with Gasteiger partial charge in [0.1, 0.15) is 13.2 Å². The smallest absolute Gasteiger partial charge is 0.161 e. The van der Waals surface area contributed by atoms with Crippen LogP contribution in [0.25, 0.3) is 0 Å². The van der Waals surface area contributed by atoms with Crippen molar-refractivity contribution in [2.45, 2.75) is 12.8 Å². The summed E-state index contributed by atoms with van der Waals surface area (Å²) in [5.41, 5.74) is 1.21. The van der Waals surface area contributed by atoms with Crippen molar-refractivity contribution < 1.29 is 14.6 Å². The Morgan fingerprint density at radius 3 is 2.74 bits per heavy atom. The van der Waals surface area contributed by atoms with Gasteiger partial charge < -0.3 is 19.5 Å². The average Bonchev–Trinajstić information content (AvgIpc) is 2.80. The largest absolute Gasteiger partial charge is 0.486 e. The van der Waals surface area contributed by atoms with Crippen molar-refractivity contribution >= 4 is 0 Å². The lowest BCUT2D eigenvalue weighted by atomic mass is 9.81. The first-order valence-electron chi connectivity index (χ1n) is 6.89. The fourth-order valence-electron chi connectivity index (χ4n) is 3.12. The zero-order valence-corrected chi connectivity index (χ0v) is 11.4. The van der Waals surface area contributed by atoms with Crippen LogP contribution in [0.2, 0.25) is 0 Å². The second-order valence-corrected chi connectivity index (χ2v) is 5.80. The van der Waals surface area contributed by atoms with Gasteiger partial charge in [-0.05, 0) is 44.1 Å². The zero-order chi connectivity index (χ0) is 13.3. The maximum absolute atomic E-state index is 9.75. The van der Waals surface area contributed by atoms with Gasteiger partial charge in [-0.15, -0.1) is 0 Å². The number of benzene rings is 1. The second-order valence-electron chi connectivity index (χ2n) is 5.80. The van der Waals surface area contributed by atoms with Crippen LogP contribution < -0.4 is 9.47 Å². The number of ether oxygens (including phenoxy) is 2. The Hall–Kier alpha value is -1.26. The summed E-state index contributed by atoms with van der Waals surface area (Å²) in [4.78, 5) is 2.29. The van der Waals surface area contributed by atoms with Gasteiger partial charge in [0.05, 0.1) is 6.61 Å². The van der Waals surface area contributed by atoms with Crippen LogP contribution in [0, 0.1) is 5.41 Å². The van der Waals surface area contributed by atoms with Crippen molar-refractivity contribution in [3.05, 3.63) is 23.8 Å². The molecular weight excluding hydrogens is 242 g/mol. The number of fused-ring (bicyclic) bond motifs is 1. The molecule has 2 heterocycles. The van der Waals surface area contributed by atoms with Crippen LogP contribution in [0.1, 0.15) is 12.0 Å². The Morgan fingerprint density at radius 1 is 1.26 bits per heavy atom. The van der Waals surface area contributed by atoms with Crippen molar-refractivity contribution in [3.63, 3.8) is 0 Å². The molecule has 0 spiro atoms. The maximum atomic E-state index is 9.75. The monoisotopic (exact) mass is 263 g/mol. The summed E-state index contributed by atoms with van der Waals surface area (Å²) in [7, 11) is 2.11. The molecule has 104 valence electrons. The molecule has 1 fully saturated rings. The molecule has 1 unspecified atom stereocenters. The number of aliphatic hydroxyl groups excluding tert-OH is 1. The standard InChI is InChI=1S/C15H21NO3/c1-16-5-4-15(10-16,11-17)9-12-2-3-13-14(8-12)19-7-6-18-13/h2-3,8,17H,4-7,9-11H2,1H3. The summed E-state index contributed by atoms with van der Waals surface area (Å²) in [6.45, 7) is 3.50. The SMILES string of the molecule is CN1CCC(CO)(Cc2ccc3c(c2)OCCO3)C1. The summed E-state index contributed by atoms with van der Waals surface area (Å²) in [5, 5.41) is 9.75. The van der Waals surface area contributed by atoms with Crippen LogP contribution in [0.5, 0.6) is 11.5 Å². The molecular formula is C15H21NO3. The molecule has 0 aromatic heterocycles. The van der Waals surface area contributed by atoms with Crippen molar-refractivity contribution in [2.75, 3.05) is 40.0 Å². The number of hydrogen-bond acceptors (Lipinski definition) is 4. The molecule has 1 atom stereocenters. The summed E-state index contributed by atoms with van der Waals surface area (Å²) in [5.74, 6) is 1.67. The fourth-order valence-corrected chi connectivity index (χ4v) is 3.12. The van der Waals surface area contributed by atoms with Crippen LogP contribution in [-0.2, 0) is 6.42 Å². The molecule has 0 bridgehead atoms. The third kappa shape index (κ3) is 2.55. The van der Waals surface area contributed by atoms with Gasteiger partial charge in [-0.2, -0.15) is 0 Å². The fraction of sp³-hybridized carbons (Fsp3) is 0.600. The first-order valence-corrected chi connectivity index (χ1v) is 6.89. The Balaban J connectivity index is 1.79. The van der Waals surface area contributed by atoms with Crippen LogP contribution >= 0.6 is 0 Å². The van der Waals surface area contributed by atoms with Gasteiger partial charge in [0.25, 0.3) is 0 Å². The highest BCUT2D eigenvalue weighted by atomic mass is 16.6. The summed E-state index contributed by atoms with van der Waals surface area (Å²) < 4.78 is 11.2. The van der Waals surface area contributed by atoms with Gasteiger partial charge in [-0.1, -0.05) is 6.07 Å². The van der Waals surface area contributed by atoms with Crippen molar-refractivity contribution in [1.82, 2.24) is 4.90 Å². The summed E-state index contributed by atoms with van der Waals surface area (Å²) in [6, 6.07) is 6.13. The van der Waals surface area contributed by atoms with E-state index in [0.717, 1.165) is 37.4 Å². The number of nitrogens with zero attached hydrogens (tertiary/aromatic N) is 1. The molecule has 0 saturated carbocycles. The molecule has 0 amide bonds. The molecule has 4 nitrogen and oxygen atoms in total. The predicted molar refractivity (Wildman–Crippen MR) is 72.8 cm³/mol. The quantitative estimate of drug-likeness (QED) is 0.893. The van der Waals surface area contributed by atoms with E-state index in [9.17, 15) is 5.11 Å². The normalized spacial score (nSPS) is 26.6. The third-order valence-electron chi connectivity index (χ3n) is 4.15. The van der Waals surface area contributed by atoms with Gasteiger partial charge in [0.15, 0.2) is 11.5 Å². The minimum absolute atomic E-state index is 0.00148. The summed E-state index contributed by atoms with van der Waals surface area (Å²) in [6.07, 6.45) is 1.94. The van der Waals surface area contributed by atoms with Gasteiger partial charge in [0.2, 0.25) is 0 Å². The van der Waals surface area contributed by atoms with Crippen molar-refractivity contribution in [1.29, 1.82) is 0 Å². The molecule has 2 aliphatic rings. The number of rotatable bonds is 3. The zero-order valence-electron chi connectivity index (χ0n) is 11.4. The van der Waals surface area contributed by atoms with E-state index in [0.29, 0.717) is 13.2 Å². The Bertz CT molecular complexity index is 463. The van der Waals surface area contributed by atoms with Gasteiger partial charge in [-0.3, -0.25) is 0 Å². The van der Waals surface area contributed by atoms with E-state index in [1.54, 1.807) is 0 Å². The molecule has 4 heteroatoms.